The Hall–Kier alpha value is -1.43. The Labute approximate surface area is 119 Å². The smallest absolute Gasteiger partial charge is 0.238 e. The van der Waals surface area contributed by atoms with Crippen LogP contribution in [-0.4, -0.2) is 52.9 Å². The topological polar surface area (TPSA) is 72.8 Å². The Morgan fingerprint density at radius 2 is 1.90 bits per heavy atom. The molecule has 2 atom stereocenters. The molecule has 0 saturated carbocycles. The summed E-state index contributed by atoms with van der Waals surface area (Å²) in [4.78, 5) is 13.8. The Kier molecular flexibility index (Phi) is 4.75. The summed E-state index contributed by atoms with van der Waals surface area (Å²) in [5.74, 6) is 0.210. The zero-order valence-electron chi connectivity index (χ0n) is 11.9. The van der Waals surface area contributed by atoms with Gasteiger partial charge in [-0.1, -0.05) is 32.0 Å². The van der Waals surface area contributed by atoms with Crippen molar-refractivity contribution in [3.8, 4) is 0 Å². The minimum Gasteiger partial charge on any atom is -0.389 e. The quantitative estimate of drug-likeness (QED) is 0.761. The number of hydrogen-bond donors (Lipinski definition) is 3. The normalized spacial score (nSPS) is 23.2. The average molecular weight is 278 g/mol. The molecule has 1 aliphatic heterocycles. The summed E-state index contributed by atoms with van der Waals surface area (Å²) in [7, 11) is 0. The van der Waals surface area contributed by atoms with Gasteiger partial charge in [-0.25, -0.2) is 0 Å². The third kappa shape index (κ3) is 3.56. The summed E-state index contributed by atoms with van der Waals surface area (Å²) in [5, 5.41) is 21.8. The van der Waals surface area contributed by atoms with Crippen LogP contribution in [0.4, 0.5) is 5.69 Å². The highest BCUT2D eigenvalue weighted by molar-refractivity contribution is 5.93. The standard InChI is InChI=1S/C15H22N2O3/c1-10(2)11-5-3-4-6-12(11)16-15(20)9-17-7-13(18)14(19)8-17/h3-6,10,13-14,18-19H,7-9H2,1-2H3,(H,16,20)/t13-,14+. The summed E-state index contributed by atoms with van der Waals surface area (Å²) in [6, 6.07) is 7.74. The first kappa shape index (κ1) is 15.0. The summed E-state index contributed by atoms with van der Waals surface area (Å²) in [5.41, 5.74) is 1.93. The van der Waals surface area contributed by atoms with E-state index in [-0.39, 0.29) is 12.5 Å². The van der Waals surface area contributed by atoms with Crippen molar-refractivity contribution >= 4 is 11.6 Å². The van der Waals surface area contributed by atoms with Gasteiger partial charge in [-0.2, -0.15) is 0 Å². The number of amides is 1. The number of anilines is 1. The van der Waals surface area contributed by atoms with Crippen molar-refractivity contribution in [1.82, 2.24) is 4.90 Å². The van der Waals surface area contributed by atoms with E-state index in [0.717, 1.165) is 11.3 Å². The molecule has 110 valence electrons. The zero-order chi connectivity index (χ0) is 14.7. The first-order valence-electron chi connectivity index (χ1n) is 6.94. The summed E-state index contributed by atoms with van der Waals surface area (Å²) < 4.78 is 0. The van der Waals surface area contributed by atoms with Gasteiger partial charge in [-0.15, -0.1) is 0 Å². The molecule has 1 heterocycles. The molecule has 1 aromatic rings. The molecular formula is C15H22N2O3. The van der Waals surface area contributed by atoms with E-state index in [9.17, 15) is 15.0 Å². The van der Waals surface area contributed by atoms with Gasteiger partial charge < -0.3 is 15.5 Å². The fourth-order valence-electron chi connectivity index (χ4n) is 2.48. The van der Waals surface area contributed by atoms with Crippen molar-refractivity contribution in [2.24, 2.45) is 0 Å². The average Bonchev–Trinajstić information content (AvgIpc) is 2.68. The van der Waals surface area contributed by atoms with Gasteiger partial charge in [-0.05, 0) is 17.5 Å². The zero-order valence-corrected chi connectivity index (χ0v) is 11.9. The molecule has 2 rings (SSSR count). The number of nitrogens with zero attached hydrogens (tertiary/aromatic N) is 1. The number of hydrogen-bond acceptors (Lipinski definition) is 4. The number of carbonyl (C=O) groups is 1. The van der Waals surface area contributed by atoms with Crippen molar-refractivity contribution in [2.75, 3.05) is 25.0 Å². The van der Waals surface area contributed by atoms with Crippen molar-refractivity contribution < 1.29 is 15.0 Å². The van der Waals surface area contributed by atoms with Gasteiger partial charge in [0.25, 0.3) is 0 Å². The molecule has 1 aromatic carbocycles. The molecule has 5 nitrogen and oxygen atoms in total. The largest absolute Gasteiger partial charge is 0.389 e. The van der Waals surface area contributed by atoms with E-state index in [0.29, 0.717) is 19.0 Å². The Morgan fingerprint density at radius 3 is 2.50 bits per heavy atom. The number of aliphatic hydroxyl groups is 2. The van der Waals surface area contributed by atoms with Crippen LogP contribution in [-0.2, 0) is 4.79 Å². The van der Waals surface area contributed by atoms with Gasteiger partial charge in [0.15, 0.2) is 0 Å². The molecule has 0 aliphatic carbocycles. The van der Waals surface area contributed by atoms with Crippen molar-refractivity contribution in [3.63, 3.8) is 0 Å². The monoisotopic (exact) mass is 278 g/mol. The number of nitrogens with one attached hydrogen (secondary N) is 1. The molecule has 20 heavy (non-hydrogen) atoms. The van der Waals surface area contributed by atoms with E-state index >= 15 is 0 Å². The molecule has 1 amide bonds. The highest BCUT2D eigenvalue weighted by Gasteiger charge is 2.30. The third-order valence-corrected chi connectivity index (χ3v) is 3.56. The molecule has 0 unspecified atom stereocenters. The molecule has 0 spiro atoms. The summed E-state index contributed by atoms with van der Waals surface area (Å²) in [6.07, 6.45) is -1.52. The van der Waals surface area contributed by atoms with Crippen LogP contribution >= 0.6 is 0 Å². The predicted molar refractivity (Wildman–Crippen MR) is 77.6 cm³/mol. The summed E-state index contributed by atoms with van der Waals surface area (Å²) >= 11 is 0. The van der Waals surface area contributed by atoms with Gasteiger partial charge >= 0.3 is 0 Å². The highest BCUT2D eigenvalue weighted by atomic mass is 16.3. The number of β-amino-alcohol motifs (C(OH)–C–C–N with tert-alkyl or cyclic N) is 2. The van der Waals surface area contributed by atoms with Crippen molar-refractivity contribution in [3.05, 3.63) is 29.8 Å². The fraction of sp³-hybridized carbons (Fsp3) is 0.533. The van der Waals surface area contributed by atoms with Crippen LogP contribution in [0.25, 0.3) is 0 Å². The van der Waals surface area contributed by atoms with Crippen LogP contribution in [0, 0.1) is 0 Å². The van der Waals surface area contributed by atoms with Crippen LogP contribution in [0.2, 0.25) is 0 Å². The second kappa shape index (κ2) is 6.35. The lowest BCUT2D eigenvalue weighted by molar-refractivity contribution is -0.117. The number of likely N-dealkylation sites (tertiary alicyclic amines) is 1. The van der Waals surface area contributed by atoms with Gasteiger partial charge in [0.2, 0.25) is 5.91 Å². The van der Waals surface area contributed by atoms with Crippen LogP contribution in [0.1, 0.15) is 25.3 Å². The SMILES string of the molecule is CC(C)c1ccccc1NC(=O)CN1C[C@@H](O)[C@@H](O)C1. The van der Waals surface area contributed by atoms with Gasteiger partial charge in [0.1, 0.15) is 0 Å². The molecule has 1 fully saturated rings. The van der Waals surface area contributed by atoms with Crippen LogP contribution in [0.5, 0.6) is 0 Å². The van der Waals surface area contributed by atoms with E-state index < -0.39 is 12.2 Å². The van der Waals surface area contributed by atoms with Gasteiger partial charge in [-0.3, -0.25) is 9.69 Å². The van der Waals surface area contributed by atoms with Crippen molar-refractivity contribution in [1.29, 1.82) is 0 Å². The Morgan fingerprint density at radius 1 is 1.30 bits per heavy atom. The first-order chi connectivity index (χ1) is 9.47. The van der Waals surface area contributed by atoms with Crippen LogP contribution < -0.4 is 5.32 Å². The van der Waals surface area contributed by atoms with Gasteiger partial charge in [0, 0.05) is 18.8 Å². The molecule has 0 bridgehead atoms. The minimum atomic E-state index is -0.759. The maximum atomic E-state index is 12.0. The molecule has 0 radical (unpaired) electrons. The molecule has 0 aromatic heterocycles. The fourth-order valence-corrected chi connectivity index (χ4v) is 2.48. The Bertz CT molecular complexity index is 466. The Balaban J connectivity index is 1.95. The summed E-state index contributed by atoms with van der Waals surface area (Å²) in [6.45, 7) is 5.01. The van der Waals surface area contributed by atoms with E-state index in [1.165, 1.54) is 0 Å². The highest BCUT2D eigenvalue weighted by Crippen LogP contribution is 2.23. The van der Waals surface area contributed by atoms with Crippen LogP contribution in [0.15, 0.2) is 24.3 Å². The predicted octanol–water partition coefficient (Wildman–Crippen LogP) is 0.786. The maximum Gasteiger partial charge on any atom is 0.238 e. The number of para-hydroxylation sites is 1. The molecule has 1 saturated heterocycles. The molecule has 3 N–H and O–H groups in total. The first-order valence-corrected chi connectivity index (χ1v) is 6.94. The third-order valence-electron chi connectivity index (χ3n) is 3.56. The number of aliphatic hydroxyl groups excluding tert-OH is 2. The molecule has 1 aliphatic rings. The second-order valence-corrected chi connectivity index (χ2v) is 5.62. The minimum absolute atomic E-state index is 0.126. The maximum absolute atomic E-state index is 12.0. The van der Waals surface area contributed by atoms with Gasteiger partial charge in [0.05, 0.1) is 18.8 Å². The van der Waals surface area contributed by atoms with E-state index in [1.54, 1.807) is 4.90 Å². The van der Waals surface area contributed by atoms with Crippen molar-refractivity contribution in [2.45, 2.75) is 32.0 Å². The van der Waals surface area contributed by atoms with E-state index in [1.807, 2.05) is 24.3 Å². The van der Waals surface area contributed by atoms with E-state index in [2.05, 4.69) is 19.2 Å². The van der Waals surface area contributed by atoms with E-state index in [4.69, 9.17) is 0 Å². The van der Waals surface area contributed by atoms with Crippen LogP contribution in [0.3, 0.4) is 0 Å². The number of rotatable bonds is 4. The lowest BCUT2D eigenvalue weighted by Crippen LogP contribution is -2.32. The number of benzene rings is 1. The molecule has 5 heteroatoms. The molecular weight excluding hydrogens is 256 g/mol. The lowest BCUT2D eigenvalue weighted by atomic mass is 10.0. The second-order valence-electron chi connectivity index (χ2n) is 5.62. The number of carbonyl (C=O) groups excluding carboxylic acids is 1. The lowest BCUT2D eigenvalue weighted by Gasteiger charge is -2.17.